The van der Waals surface area contributed by atoms with Crippen molar-refractivity contribution in [3.8, 4) is 0 Å². The van der Waals surface area contributed by atoms with Crippen LogP contribution in [0.4, 0.5) is 0 Å². The third-order valence-corrected chi connectivity index (χ3v) is 6.01. The Hall–Kier alpha value is -1.47. The van der Waals surface area contributed by atoms with E-state index in [0.29, 0.717) is 18.1 Å². The second-order valence-corrected chi connectivity index (χ2v) is 8.32. The van der Waals surface area contributed by atoms with Crippen molar-refractivity contribution in [1.29, 1.82) is 0 Å². The average molecular weight is 365 g/mol. The maximum Gasteiger partial charge on any atom is 0.245 e. The molecule has 0 aromatic carbocycles. The fraction of sp³-hybridized carbons (Fsp3) is 0.667. The van der Waals surface area contributed by atoms with E-state index >= 15 is 0 Å². The molecule has 2 aliphatic heterocycles. The van der Waals surface area contributed by atoms with Gasteiger partial charge in [-0.1, -0.05) is 13.8 Å². The molecule has 2 atom stereocenters. The lowest BCUT2D eigenvalue weighted by molar-refractivity contribution is -0.146. The van der Waals surface area contributed by atoms with E-state index in [-0.39, 0.29) is 17.2 Å². The predicted octanol–water partition coefficient (Wildman–Crippen LogP) is 2.04. The third kappa shape index (κ3) is 4.03. The molecule has 0 unspecified atom stereocenters. The predicted molar refractivity (Wildman–Crippen MR) is 98.1 cm³/mol. The first-order valence-corrected chi connectivity index (χ1v) is 9.95. The second-order valence-electron chi connectivity index (χ2n) is 7.25. The summed E-state index contributed by atoms with van der Waals surface area (Å²) in [6.45, 7) is 7.41. The lowest BCUT2D eigenvalue weighted by Gasteiger charge is -2.38. The molecule has 2 saturated heterocycles. The van der Waals surface area contributed by atoms with Crippen LogP contribution in [0, 0.1) is 5.92 Å². The van der Waals surface area contributed by atoms with Gasteiger partial charge in [-0.2, -0.15) is 0 Å². The summed E-state index contributed by atoms with van der Waals surface area (Å²) in [4.78, 5) is 31.8. The largest absolute Gasteiger partial charge is 0.466 e. The normalized spacial score (nSPS) is 23.5. The molecule has 3 rings (SSSR count). The highest BCUT2D eigenvalue weighted by Gasteiger charge is 2.43. The molecule has 2 aliphatic rings. The number of piperazine rings is 1. The lowest BCUT2D eigenvalue weighted by Crippen LogP contribution is -2.55. The average Bonchev–Trinajstić information content (AvgIpc) is 3.22. The van der Waals surface area contributed by atoms with Crippen molar-refractivity contribution in [1.82, 2.24) is 14.7 Å². The minimum Gasteiger partial charge on any atom is -0.466 e. The van der Waals surface area contributed by atoms with Crippen LogP contribution in [0.25, 0.3) is 0 Å². The van der Waals surface area contributed by atoms with Gasteiger partial charge >= 0.3 is 0 Å². The molecule has 6 nitrogen and oxygen atoms in total. The van der Waals surface area contributed by atoms with Crippen LogP contribution in [0.3, 0.4) is 0 Å². The topological polar surface area (TPSA) is 57.0 Å². The number of furan rings is 1. The number of carbonyl (C=O) groups excluding carboxylic acids is 2. The van der Waals surface area contributed by atoms with Crippen LogP contribution in [0.15, 0.2) is 22.8 Å². The Morgan fingerprint density at radius 2 is 2.04 bits per heavy atom. The molecule has 0 aliphatic carbocycles. The Bertz CT molecular complexity index is 597. The molecule has 1 aromatic heterocycles. The summed E-state index contributed by atoms with van der Waals surface area (Å²) in [6, 6.07) is 3.30. The van der Waals surface area contributed by atoms with Gasteiger partial charge in [0.1, 0.15) is 17.2 Å². The Balaban J connectivity index is 1.83. The zero-order chi connectivity index (χ0) is 18.0. The van der Waals surface area contributed by atoms with Crippen molar-refractivity contribution in [2.45, 2.75) is 31.7 Å². The molecule has 1 aromatic rings. The number of thioether (sulfide) groups is 1. The Kier molecular flexibility index (Phi) is 5.74. The molecule has 2 amide bonds. The van der Waals surface area contributed by atoms with Gasteiger partial charge in [0.25, 0.3) is 0 Å². The standard InChI is InChI=1S/C18H27N3O3S/c1-13(2)11-14(17(23)20-8-6-19(3)7-9-20)21-16(22)12-25-18(21)15-5-4-10-24-15/h4-5,10,13-14,18H,6-9,11-12H2,1-3H3/t14-,18+/m1/s1. The molecule has 0 N–H and O–H groups in total. The number of hydrogen-bond donors (Lipinski definition) is 0. The van der Waals surface area contributed by atoms with Crippen LogP contribution >= 0.6 is 11.8 Å². The highest BCUT2D eigenvalue weighted by molar-refractivity contribution is 8.00. The Morgan fingerprint density at radius 1 is 1.32 bits per heavy atom. The van der Waals surface area contributed by atoms with Crippen LogP contribution in [0.5, 0.6) is 0 Å². The first-order valence-electron chi connectivity index (χ1n) is 8.91. The maximum absolute atomic E-state index is 13.3. The highest BCUT2D eigenvalue weighted by atomic mass is 32.2. The maximum atomic E-state index is 13.3. The van der Waals surface area contributed by atoms with E-state index in [2.05, 4.69) is 25.8 Å². The Labute approximate surface area is 153 Å². The zero-order valence-corrected chi connectivity index (χ0v) is 16.0. The van der Waals surface area contributed by atoms with Gasteiger partial charge in [0.05, 0.1) is 12.0 Å². The van der Waals surface area contributed by atoms with Gasteiger partial charge in [0, 0.05) is 26.2 Å². The van der Waals surface area contributed by atoms with Gasteiger partial charge in [-0.15, -0.1) is 11.8 Å². The van der Waals surface area contributed by atoms with Crippen molar-refractivity contribution in [2.75, 3.05) is 39.0 Å². The zero-order valence-electron chi connectivity index (χ0n) is 15.2. The Morgan fingerprint density at radius 3 is 2.64 bits per heavy atom. The first-order chi connectivity index (χ1) is 12.0. The lowest BCUT2D eigenvalue weighted by atomic mass is 10.00. The first kappa shape index (κ1) is 18.3. The second kappa shape index (κ2) is 7.83. The quantitative estimate of drug-likeness (QED) is 0.799. The van der Waals surface area contributed by atoms with Crippen molar-refractivity contribution in [3.63, 3.8) is 0 Å². The van der Waals surface area contributed by atoms with Gasteiger partial charge in [-0.3, -0.25) is 9.59 Å². The van der Waals surface area contributed by atoms with Crippen molar-refractivity contribution in [2.24, 2.45) is 5.92 Å². The number of carbonyl (C=O) groups is 2. The minimum atomic E-state index is -0.416. The summed E-state index contributed by atoms with van der Waals surface area (Å²) in [5, 5.41) is -0.206. The van der Waals surface area contributed by atoms with Gasteiger partial charge in [-0.05, 0) is 31.5 Å². The van der Waals surface area contributed by atoms with Crippen LogP contribution in [-0.4, -0.2) is 71.5 Å². The molecule has 0 saturated carbocycles. The number of rotatable bonds is 5. The summed E-state index contributed by atoms with van der Waals surface area (Å²) in [7, 11) is 2.07. The van der Waals surface area contributed by atoms with Crippen LogP contribution in [0.1, 0.15) is 31.4 Å². The summed E-state index contributed by atoms with van der Waals surface area (Å²) >= 11 is 1.54. The molecule has 0 spiro atoms. The summed E-state index contributed by atoms with van der Waals surface area (Å²) in [5.41, 5.74) is 0. The van der Waals surface area contributed by atoms with Crippen molar-refractivity contribution >= 4 is 23.6 Å². The van der Waals surface area contributed by atoms with E-state index < -0.39 is 6.04 Å². The van der Waals surface area contributed by atoms with Crippen LogP contribution in [0.2, 0.25) is 0 Å². The van der Waals surface area contributed by atoms with E-state index in [1.807, 2.05) is 17.0 Å². The van der Waals surface area contributed by atoms with E-state index in [1.54, 1.807) is 11.2 Å². The number of likely N-dealkylation sites (N-methyl/N-ethyl adjacent to an activating group) is 1. The molecule has 138 valence electrons. The molecular formula is C18H27N3O3S. The summed E-state index contributed by atoms with van der Waals surface area (Å²) in [6.07, 6.45) is 2.30. The van der Waals surface area contributed by atoms with E-state index in [1.165, 1.54) is 11.8 Å². The SMILES string of the molecule is CC(C)C[C@H](C(=O)N1CCN(C)CC1)N1C(=O)CS[C@H]1c1ccco1. The highest BCUT2D eigenvalue weighted by Crippen LogP contribution is 2.41. The van der Waals surface area contributed by atoms with Crippen molar-refractivity contribution < 1.29 is 14.0 Å². The number of nitrogens with zero attached hydrogens (tertiary/aromatic N) is 3. The molecule has 0 radical (unpaired) electrons. The van der Waals surface area contributed by atoms with E-state index in [0.717, 1.165) is 31.9 Å². The number of amides is 2. The van der Waals surface area contributed by atoms with Gasteiger partial charge in [0.2, 0.25) is 11.8 Å². The molecule has 25 heavy (non-hydrogen) atoms. The third-order valence-electron chi connectivity index (χ3n) is 4.82. The molecule has 7 heteroatoms. The molecule has 3 heterocycles. The van der Waals surface area contributed by atoms with Crippen LogP contribution in [-0.2, 0) is 9.59 Å². The fourth-order valence-electron chi connectivity index (χ4n) is 3.44. The van der Waals surface area contributed by atoms with Gasteiger partial charge < -0.3 is 19.1 Å². The van der Waals surface area contributed by atoms with Gasteiger partial charge in [-0.25, -0.2) is 0 Å². The van der Waals surface area contributed by atoms with Crippen LogP contribution < -0.4 is 0 Å². The monoisotopic (exact) mass is 365 g/mol. The van der Waals surface area contributed by atoms with E-state index in [4.69, 9.17) is 4.42 Å². The summed E-state index contributed by atoms with van der Waals surface area (Å²) < 4.78 is 5.54. The molecule has 2 fully saturated rings. The molecular weight excluding hydrogens is 338 g/mol. The van der Waals surface area contributed by atoms with Crippen molar-refractivity contribution in [3.05, 3.63) is 24.2 Å². The summed E-state index contributed by atoms with van der Waals surface area (Å²) in [5.74, 6) is 1.58. The van der Waals surface area contributed by atoms with Gasteiger partial charge in [0.15, 0.2) is 0 Å². The number of hydrogen-bond acceptors (Lipinski definition) is 5. The fourth-order valence-corrected chi connectivity index (χ4v) is 4.61. The van der Waals surface area contributed by atoms with E-state index in [9.17, 15) is 9.59 Å². The smallest absolute Gasteiger partial charge is 0.245 e. The molecule has 0 bridgehead atoms. The minimum absolute atomic E-state index is 0.0273.